The first kappa shape index (κ1) is 28.6. The Morgan fingerprint density at radius 2 is 1.02 bits per heavy atom. The summed E-state index contributed by atoms with van der Waals surface area (Å²) in [6, 6.07) is 59.0. The standard InChI is InChI=1S/C45H36N2/c1-46(44-22-10-16-36-14-5-7-20-42(36)44)39-28-24-34(25-29-39)35-26-30-40(31-27-35)47(45-23-11-17-37-15-6-8-21-43(37)45)41-19-9-18-38(32-41)33-12-3-2-4-13-33/h2-26,28-30,32H,27,31H2,1H3. The molecule has 1 aliphatic carbocycles. The summed E-state index contributed by atoms with van der Waals surface area (Å²) in [4.78, 5) is 4.75. The van der Waals surface area contributed by atoms with E-state index in [2.05, 4.69) is 193 Å². The van der Waals surface area contributed by atoms with Crippen LogP contribution < -0.4 is 9.80 Å². The summed E-state index contributed by atoms with van der Waals surface area (Å²) in [6.45, 7) is 0. The number of hydrogen-bond acceptors (Lipinski definition) is 2. The van der Waals surface area contributed by atoms with Gasteiger partial charge in [-0.2, -0.15) is 0 Å². The molecule has 0 heterocycles. The molecule has 7 aromatic carbocycles. The van der Waals surface area contributed by atoms with Crippen molar-refractivity contribution in [2.24, 2.45) is 0 Å². The van der Waals surface area contributed by atoms with Crippen LogP contribution in [0.15, 0.2) is 182 Å². The van der Waals surface area contributed by atoms with Gasteiger partial charge in [0.05, 0.1) is 5.69 Å². The molecule has 2 nitrogen and oxygen atoms in total. The molecule has 8 rings (SSSR count). The number of anilines is 4. The molecule has 0 atom stereocenters. The molecule has 0 aliphatic heterocycles. The maximum atomic E-state index is 2.46. The van der Waals surface area contributed by atoms with Gasteiger partial charge in [-0.15, -0.1) is 0 Å². The third-order valence-electron chi connectivity index (χ3n) is 9.39. The minimum Gasteiger partial charge on any atom is -0.344 e. The third-order valence-corrected chi connectivity index (χ3v) is 9.39. The zero-order valence-corrected chi connectivity index (χ0v) is 26.6. The van der Waals surface area contributed by atoms with Crippen molar-refractivity contribution in [2.45, 2.75) is 12.8 Å². The van der Waals surface area contributed by atoms with E-state index in [9.17, 15) is 0 Å². The third kappa shape index (κ3) is 5.60. The van der Waals surface area contributed by atoms with Gasteiger partial charge in [-0.3, -0.25) is 0 Å². The summed E-state index contributed by atoms with van der Waals surface area (Å²) < 4.78 is 0. The van der Waals surface area contributed by atoms with Crippen LogP contribution in [0.2, 0.25) is 0 Å². The lowest BCUT2D eigenvalue weighted by molar-refractivity contribution is 0.932. The first-order valence-corrected chi connectivity index (χ1v) is 16.4. The molecule has 0 spiro atoms. The molecule has 0 saturated carbocycles. The Bertz CT molecular complexity index is 2250. The average Bonchev–Trinajstić information content (AvgIpc) is 3.15. The quantitative estimate of drug-likeness (QED) is 0.179. The Morgan fingerprint density at radius 1 is 0.426 bits per heavy atom. The fourth-order valence-corrected chi connectivity index (χ4v) is 6.91. The van der Waals surface area contributed by atoms with Crippen molar-refractivity contribution in [3.8, 4) is 11.1 Å². The predicted octanol–water partition coefficient (Wildman–Crippen LogP) is 12.3. The molecular weight excluding hydrogens is 569 g/mol. The molecule has 0 aromatic heterocycles. The van der Waals surface area contributed by atoms with Crippen LogP contribution in [0, 0.1) is 0 Å². The van der Waals surface area contributed by atoms with Crippen molar-refractivity contribution in [3.05, 3.63) is 187 Å². The van der Waals surface area contributed by atoms with Gasteiger partial charge in [-0.1, -0.05) is 133 Å². The number of allylic oxidation sites excluding steroid dienone is 4. The minimum absolute atomic E-state index is 0.947. The van der Waals surface area contributed by atoms with Gasteiger partial charge in [-0.05, 0) is 88.4 Å². The van der Waals surface area contributed by atoms with E-state index >= 15 is 0 Å². The van der Waals surface area contributed by atoms with Gasteiger partial charge in [0.25, 0.3) is 0 Å². The van der Waals surface area contributed by atoms with E-state index in [1.807, 2.05) is 0 Å². The van der Waals surface area contributed by atoms with E-state index in [1.54, 1.807) is 0 Å². The van der Waals surface area contributed by atoms with Crippen LogP contribution in [-0.4, -0.2) is 7.05 Å². The Morgan fingerprint density at radius 3 is 1.72 bits per heavy atom. The molecule has 47 heavy (non-hydrogen) atoms. The molecule has 0 amide bonds. The lowest BCUT2D eigenvalue weighted by Gasteiger charge is -2.31. The number of benzene rings is 7. The maximum absolute atomic E-state index is 2.46. The highest BCUT2D eigenvalue weighted by Crippen LogP contribution is 2.41. The van der Waals surface area contributed by atoms with Crippen LogP contribution in [0.25, 0.3) is 38.2 Å². The zero-order chi connectivity index (χ0) is 31.6. The van der Waals surface area contributed by atoms with E-state index < -0.39 is 0 Å². The molecular formula is C45H36N2. The number of rotatable bonds is 7. The number of nitrogens with zero attached hydrogens (tertiary/aromatic N) is 2. The van der Waals surface area contributed by atoms with E-state index in [0.29, 0.717) is 0 Å². The Balaban J connectivity index is 1.14. The van der Waals surface area contributed by atoms with Crippen molar-refractivity contribution < 1.29 is 0 Å². The van der Waals surface area contributed by atoms with E-state index in [-0.39, 0.29) is 0 Å². The summed E-state index contributed by atoms with van der Waals surface area (Å²) in [7, 11) is 2.15. The van der Waals surface area contributed by atoms with Gasteiger partial charge in [0, 0.05) is 40.6 Å². The molecule has 226 valence electrons. The van der Waals surface area contributed by atoms with Crippen LogP contribution in [0.1, 0.15) is 18.4 Å². The Labute approximate surface area is 277 Å². The Kier molecular flexibility index (Phi) is 7.61. The molecule has 0 unspecified atom stereocenters. The number of fused-ring (bicyclic) bond motifs is 2. The predicted molar refractivity (Wildman–Crippen MR) is 202 cm³/mol. The molecule has 0 N–H and O–H groups in total. The average molecular weight is 605 g/mol. The fraction of sp³-hybridized carbons (Fsp3) is 0.0667. The normalized spacial score (nSPS) is 12.9. The van der Waals surface area contributed by atoms with E-state index in [4.69, 9.17) is 0 Å². The number of hydrogen-bond donors (Lipinski definition) is 0. The summed E-state index contributed by atoms with van der Waals surface area (Å²) in [5.74, 6) is 0. The van der Waals surface area contributed by atoms with Crippen LogP contribution in [0.4, 0.5) is 22.7 Å². The first-order chi connectivity index (χ1) is 23.2. The molecule has 7 aromatic rings. The molecule has 0 bridgehead atoms. The van der Waals surface area contributed by atoms with Crippen molar-refractivity contribution >= 4 is 49.9 Å². The summed E-state index contributed by atoms with van der Waals surface area (Å²) >= 11 is 0. The second kappa shape index (κ2) is 12.5. The van der Waals surface area contributed by atoms with E-state index in [1.165, 1.54) is 72.3 Å². The summed E-state index contributed by atoms with van der Waals surface area (Å²) in [6.07, 6.45) is 6.57. The molecule has 1 aliphatic rings. The molecule has 0 fully saturated rings. The molecule has 0 saturated heterocycles. The van der Waals surface area contributed by atoms with Crippen LogP contribution in [0.3, 0.4) is 0 Å². The van der Waals surface area contributed by atoms with Gasteiger partial charge in [-0.25, -0.2) is 0 Å². The SMILES string of the molecule is CN(c1ccc(C2=CC=C(N(c3cccc(-c4ccccc4)c3)c3cccc4ccccc34)CC2)cc1)c1cccc2ccccc12. The second-order valence-corrected chi connectivity index (χ2v) is 12.2. The topological polar surface area (TPSA) is 6.48 Å². The van der Waals surface area contributed by atoms with Gasteiger partial charge >= 0.3 is 0 Å². The van der Waals surface area contributed by atoms with Gasteiger partial charge in [0.1, 0.15) is 0 Å². The van der Waals surface area contributed by atoms with Crippen molar-refractivity contribution in [2.75, 3.05) is 16.8 Å². The van der Waals surface area contributed by atoms with Gasteiger partial charge < -0.3 is 9.80 Å². The maximum Gasteiger partial charge on any atom is 0.0536 e. The largest absolute Gasteiger partial charge is 0.344 e. The molecule has 0 radical (unpaired) electrons. The lowest BCUT2D eigenvalue weighted by Crippen LogP contribution is -2.18. The molecule has 2 heteroatoms. The summed E-state index contributed by atoms with van der Waals surface area (Å²) in [5, 5.41) is 5.02. The second-order valence-electron chi connectivity index (χ2n) is 12.2. The minimum atomic E-state index is 0.947. The van der Waals surface area contributed by atoms with Crippen LogP contribution in [0.5, 0.6) is 0 Å². The first-order valence-electron chi connectivity index (χ1n) is 16.4. The van der Waals surface area contributed by atoms with Crippen LogP contribution >= 0.6 is 0 Å². The zero-order valence-electron chi connectivity index (χ0n) is 26.6. The van der Waals surface area contributed by atoms with E-state index in [0.717, 1.165) is 12.8 Å². The highest BCUT2D eigenvalue weighted by atomic mass is 15.2. The highest BCUT2D eigenvalue weighted by molar-refractivity contribution is 5.98. The fourth-order valence-electron chi connectivity index (χ4n) is 6.91. The lowest BCUT2D eigenvalue weighted by atomic mass is 9.94. The monoisotopic (exact) mass is 604 g/mol. The van der Waals surface area contributed by atoms with Crippen molar-refractivity contribution in [1.29, 1.82) is 0 Å². The Hall–Kier alpha value is -5.86. The smallest absolute Gasteiger partial charge is 0.0536 e. The summed E-state index contributed by atoms with van der Waals surface area (Å²) in [5.41, 5.74) is 11.1. The van der Waals surface area contributed by atoms with Crippen molar-refractivity contribution in [3.63, 3.8) is 0 Å². The van der Waals surface area contributed by atoms with Gasteiger partial charge in [0.15, 0.2) is 0 Å². The van der Waals surface area contributed by atoms with Crippen molar-refractivity contribution in [1.82, 2.24) is 0 Å². The van der Waals surface area contributed by atoms with Crippen LogP contribution in [-0.2, 0) is 0 Å². The highest BCUT2D eigenvalue weighted by Gasteiger charge is 2.20. The van der Waals surface area contributed by atoms with Gasteiger partial charge in [0.2, 0.25) is 0 Å².